The maximum Gasteiger partial charge on any atom is 0.273 e. The van der Waals surface area contributed by atoms with E-state index >= 15 is 0 Å². The van der Waals surface area contributed by atoms with Gasteiger partial charge in [0.25, 0.3) is 5.91 Å². The normalized spacial score (nSPS) is 12.4. The van der Waals surface area contributed by atoms with Gasteiger partial charge in [0, 0.05) is 30.5 Å². The van der Waals surface area contributed by atoms with Gasteiger partial charge in [-0.05, 0) is 43.6 Å². The van der Waals surface area contributed by atoms with Crippen molar-refractivity contribution in [3.63, 3.8) is 0 Å². The number of aryl methyl sites for hydroxylation is 2. The number of nitrogens with one attached hydrogen (secondary N) is 1. The largest absolute Gasteiger partial charge is 0.344 e. The van der Waals surface area contributed by atoms with Gasteiger partial charge in [0.05, 0.1) is 16.7 Å². The number of halogens is 1. The highest BCUT2D eigenvalue weighted by molar-refractivity contribution is 9.10. The minimum Gasteiger partial charge on any atom is -0.344 e. The van der Waals surface area contributed by atoms with Crippen LogP contribution >= 0.6 is 15.9 Å². The van der Waals surface area contributed by atoms with E-state index in [0.29, 0.717) is 10.2 Å². The first-order valence-corrected chi connectivity index (χ1v) is 7.83. The average Bonchev–Trinajstić information content (AvgIpc) is 3.01. The van der Waals surface area contributed by atoms with E-state index in [-0.39, 0.29) is 11.9 Å². The van der Waals surface area contributed by atoms with Crippen LogP contribution in [-0.2, 0) is 13.1 Å². The van der Waals surface area contributed by atoms with E-state index in [2.05, 4.69) is 31.4 Å². The summed E-state index contributed by atoms with van der Waals surface area (Å²) in [6, 6.07) is -0.114. The predicted molar refractivity (Wildman–Crippen MR) is 84.1 cm³/mol. The molecule has 0 spiro atoms. The highest BCUT2D eigenvalue weighted by atomic mass is 79.9. The SMILES string of the molecule is CCn1cc(Br)c(C(=O)NC(C)c2cnn(CC)c2C)n1. The Balaban J connectivity index is 2.14. The van der Waals surface area contributed by atoms with E-state index in [9.17, 15) is 4.79 Å². The number of aromatic nitrogens is 4. The second-order valence-corrected chi connectivity index (χ2v) is 5.73. The van der Waals surface area contributed by atoms with Crippen LogP contribution in [0.3, 0.4) is 0 Å². The van der Waals surface area contributed by atoms with Gasteiger partial charge in [0.2, 0.25) is 0 Å². The van der Waals surface area contributed by atoms with Gasteiger partial charge in [0.1, 0.15) is 0 Å². The average molecular weight is 354 g/mol. The molecule has 0 bridgehead atoms. The highest BCUT2D eigenvalue weighted by Gasteiger charge is 2.19. The molecular formula is C14H20BrN5O. The fourth-order valence-electron chi connectivity index (χ4n) is 2.26. The number of hydrogen-bond donors (Lipinski definition) is 1. The van der Waals surface area contributed by atoms with Gasteiger partial charge in [-0.1, -0.05) is 0 Å². The van der Waals surface area contributed by atoms with Crippen molar-refractivity contribution in [1.82, 2.24) is 24.9 Å². The number of carbonyl (C=O) groups is 1. The van der Waals surface area contributed by atoms with E-state index in [0.717, 1.165) is 24.3 Å². The van der Waals surface area contributed by atoms with Crippen LogP contribution in [0.25, 0.3) is 0 Å². The third kappa shape index (κ3) is 3.18. The lowest BCUT2D eigenvalue weighted by molar-refractivity contribution is 0.0933. The first-order valence-electron chi connectivity index (χ1n) is 7.04. The molecule has 0 fully saturated rings. The summed E-state index contributed by atoms with van der Waals surface area (Å²) in [6.45, 7) is 9.53. The quantitative estimate of drug-likeness (QED) is 0.898. The lowest BCUT2D eigenvalue weighted by Crippen LogP contribution is -2.27. The number of hydrogen-bond acceptors (Lipinski definition) is 3. The minimum absolute atomic E-state index is 0.114. The van der Waals surface area contributed by atoms with Crippen LogP contribution in [0.5, 0.6) is 0 Å². The molecule has 1 N–H and O–H groups in total. The number of amides is 1. The molecule has 2 aromatic rings. The molecule has 0 saturated carbocycles. The summed E-state index contributed by atoms with van der Waals surface area (Å²) in [6.07, 6.45) is 3.61. The molecule has 114 valence electrons. The lowest BCUT2D eigenvalue weighted by Gasteiger charge is -2.13. The Morgan fingerprint density at radius 3 is 2.67 bits per heavy atom. The fraction of sp³-hybridized carbons (Fsp3) is 0.500. The van der Waals surface area contributed by atoms with Crippen molar-refractivity contribution in [1.29, 1.82) is 0 Å². The third-order valence-corrected chi connectivity index (χ3v) is 4.09. The molecule has 1 atom stereocenters. The van der Waals surface area contributed by atoms with Crippen molar-refractivity contribution in [3.8, 4) is 0 Å². The van der Waals surface area contributed by atoms with Crippen LogP contribution < -0.4 is 5.32 Å². The molecule has 2 heterocycles. The van der Waals surface area contributed by atoms with Crippen molar-refractivity contribution in [2.75, 3.05) is 0 Å². The molecule has 2 aromatic heterocycles. The minimum atomic E-state index is -0.190. The van der Waals surface area contributed by atoms with E-state index < -0.39 is 0 Å². The van der Waals surface area contributed by atoms with Gasteiger partial charge in [-0.15, -0.1) is 0 Å². The molecule has 6 nitrogen and oxygen atoms in total. The van der Waals surface area contributed by atoms with Crippen LogP contribution in [0, 0.1) is 6.92 Å². The molecule has 7 heteroatoms. The van der Waals surface area contributed by atoms with Crippen molar-refractivity contribution in [3.05, 3.63) is 33.8 Å². The van der Waals surface area contributed by atoms with Crippen LogP contribution in [0.4, 0.5) is 0 Å². The molecule has 21 heavy (non-hydrogen) atoms. The molecule has 0 aliphatic carbocycles. The molecular weight excluding hydrogens is 334 g/mol. The van der Waals surface area contributed by atoms with E-state index in [1.807, 2.05) is 38.6 Å². The maximum atomic E-state index is 12.3. The van der Waals surface area contributed by atoms with Gasteiger partial charge in [0.15, 0.2) is 5.69 Å². The Bertz CT molecular complexity index is 646. The maximum absolute atomic E-state index is 12.3. The Morgan fingerprint density at radius 1 is 1.43 bits per heavy atom. The third-order valence-electron chi connectivity index (χ3n) is 3.51. The van der Waals surface area contributed by atoms with Crippen molar-refractivity contribution in [2.45, 2.75) is 46.8 Å². The standard InChI is InChI=1S/C14H20BrN5O/c1-5-19-8-12(15)13(18-19)14(21)17-9(3)11-7-16-20(6-2)10(11)4/h7-9H,5-6H2,1-4H3,(H,17,21). The molecule has 2 rings (SSSR count). The molecule has 1 amide bonds. The smallest absolute Gasteiger partial charge is 0.273 e. The molecule has 0 saturated heterocycles. The number of carbonyl (C=O) groups excluding carboxylic acids is 1. The molecule has 0 aromatic carbocycles. The zero-order valence-electron chi connectivity index (χ0n) is 12.7. The van der Waals surface area contributed by atoms with Crippen LogP contribution in [0.2, 0.25) is 0 Å². The summed E-state index contributed by atoms with van der Waals surface area (Å²) in [5.41, 5.74) is 2.50. The molecule has 0 radical (unpaired) electrons. The lowest BCUT2D eigenvalue weighted by atomic mass is 10.1. The van der Waals surface area contributed by atoms with Crippen LogP contribution in [0.1, 0.15) is 48.6 Å². The topological polar surface area (TPSA) is 64.7 Å². The summed E-state index contributed by atoms with van der Waals surface area (Å²) in [4.78, 5) is 12.3. The van der Waals surface area contributed by atoms with Crippen molar-refractivity contribution < 1.29 is 4.79 Å². The predicted octanol–water partition coefficient (Wildman–Crippen LogP) is 2.68. The second-order valence-electron chi connectivity index (χ2n) is 4.88. The molecule has 1 unspecified atom stereocenters. The highest BCUT2D eigenvalue weighted by Crippen LogP contribution is 2.19. The number of nitrogens with zero attached hydrogens (tertiary/aromatic N) is 4. The first-order chi connectivity index (χ1) is 9.97. The fourth-order valence-corrected chi connectivity index (χ4v) is 2.76. The van der Waals surface area contributed by atoms with Crippen LogP contribution in [0.15, 0.2) is 16.9 Å². The number of rotatable bonds is 5. The summed E-state index contributed by atoms with van der Waals surface area (Å²) >= 11 is 3.37. The zero-order valence-corrected chi connectivity index (χ0v) is 14.3. The van der Waals surface area contributed by atoms with Crippen LogP contribution in [-0.4, -0.2) is 25.5 Å². The Hall–Kier alpha value is -1.63. The van der Waals surface area contributed by atoms with Gasteiger partial charge >= 0.3 is 0 Å². The summed E-state index contributed by atoms with van der Waals surface area (Å²) in [5.74, 6) is -0.190. The Morgan fingerprint density at radius 2 is 2.14 bits per heavy atom. The van der Waals surface area contributed by atoms with Crippen molar-refractivity contribution >= 4 is 21.8 Å². The first kappa shape index (κ1) is 15.8. The summed E-state index contributed by atoms with van der Waals surface area (Å²) in [5, 5.41) is 11.5. The van der Waals surface area contributed by atoms with Gasteiger partial charge < -0.3 is 5.32 Å². The summed E-state index contributed by atoms with van der Waals surface area (Å²) in [7, 11) is 0. The summed E-state index contributed by atoms with van der Waals surface area (Å²) < 4.78 is 4.35. The second kappa shape index (κ2) is 6.43. The Labute approximate surface area is 132 Å². The van der Waals surface area contributed by atoms with E-state index in [1.54, 1.807) is 10.9 Å². The van der Waals surface area contributed by atoms with Gasteiger partial charge in [-0.2, -0.15) is 10.2 Å². The zero-order chi connectivity index (χ0) is 15.6. The monoisotopic (exact) mass is 353 g/mol. The molecule has 0 aliphatic rings. The van der Waals surface area contributed by atoms with Gasteiger partial charge in [-0.3, -0.25) is 14.2 Å². The van der Waals surface area contributed by atoms with E-state index in [4.69, 9.17) is 0 Å². The molecule has 0 aliphatic heterocycles. The van der Waals surface area contributed by atoms with Gasteiger partial charge in [-0.25, -0.2) is 0 Å². The Kier molecular flexibility index (Phi) is 4.82. The van der Waals surface area contributed by atoms with E-state index in [1.165, 1.54) is 0 Å². The van der Waals surface area contributed by atoms with Crippen molar-refractivity contribution in [2.24, 2.45) is 0 Å².